The van der Waals surface area contributed by atoms with E-state index in [0.717, 1.165) is 24.9 Å². The van der Waals surface area contributed by atoms with E-state index in [2.05, 4.69) is 0 Å². The molecule has 2 rings (SSSR count). The fourth-order valence-electron chi connectivity index (χ4n) is 2.75. The number of amides is 1. The Morgan fingerprint density at radius 1 is 1.50 bits per heavy atom. The lowest BCUT2D eigenvalue weighted by molar-refractivity contribution is -0.131. The molecule has 1 fully saturated rings. The van der Waals surface area contributed by atoms with Gasteiger partial charge in [0.2, 0.25) is 5.91 Å². The molecule has 1 aromatic rings. The second-order valence-corrected chi connectivity index (χ2v) is 6.22. The van der Waals surface area contributed by atoms with Gasteiger partial charge < -0.3 is 10.0 Å². The molecule has 5 heteroatoms. The predicted octanol–water partition coefficient (Wildman–Crippen LogP) is 3.30. The molecule has 0 aliphatic carbocycles. The summed E-state index contributed by atoms with van der Waals surface area (Å²) in [6.07, 6.45) is 2.46. The van der Waals surface area contributed by atoms with Gasteiger partial charge in [-0.1, -0.05) is 23.2 Å². The number of halogens is 2. The van der Waals surface area contributed by atoms with E-state index < -0.39 is 0 Å². The van der Waals surface area contributed by atoms with Crippen LogP contribution in [0.2, 0.25) is 10.0 Å². The number of hydrogen-bond donors (Lipinski definition) is 1. The van der Waals surface area contributed by atoms with Crippen molar-refractivity contribution in [2.24, 2.45) is 0 Å². The molecule has 1 saturated heterocycles. The number of nitrogens with zero attached hydrogens (tertiary/aromatic N) is 1. The minimum Gasteiger partial charge on any atom is -0.393 e. The summed E-state index contributed by atoms with van der Waals surface area (Å²) in [6.45, 7) is 2.52. The fourth-order valence-corrected chi connectivity index (χ4v) is 3.13. The molecular formula is C15H19Cl2NO2. The number of benzene rings is 1. The summed E-state index contributed by atoms with van der Waals surface area (Å²) in [4.78, 5) is 14.3. The molecule has 3 nitrogen and oxygen atoms in total. The third-order valence-corrected chi connectivity index (χ3v) is 4.26. The van der Waals surface area contributed by atoms with E-state index in [9.17, 15) is 9.90 Å². The van der Waals surface area contributed by atoms with Gasteiger partial charge in [0.25, 0.3) is 0 Å². The van der Waals surface area contributed by atoms with Crippen molar-refractivity contribution in [3.8, 4) is 0 Å². The molecule has 0 radical (unpaired) electrons. The maximum Gasteiger partial charge on any atom is 0.227 e. The number of aliphatic hydroxyl groups excluding tert-OH is 1. The van der Waals surface area contributed by atoms with Crippen molar-refractivity contribution < 1.29 is 9.90 Å². The standard InChI is InChI=1S/C15H19Cl2NO2/c1-10(19)7-13-3-2-6-18(13)15(20)9-11-8-12(16)4-5-14(11)17/h4-5,8,10,13,19H,2-3,6-7,9H2,1H3. The molecule has 20 heavy (non-hydrogen) atoms. The van der Waals surface area contributed by atoms with Crippen LogP contribution in [-0.4, -0.2) is 34.6 Å². The summed E-state index contributed by atoms with van der Waals surface area (Å²) in [5, 5.41) is 10.7. The van der Waals surface area contributed by atoms with Crippen molar-refractivity contribution in [2.45, 2.75) is 44.8 Å². The lowest BCUT2D eigenvalue weighted by atomic mass is 10.1. The molecule has 0 saturated carbocycles. The van der Waals surface area contributed by atoms with Gasteiger partial charge in [0.1, 0.15) is 0 Å². The van der Waals surface area contributed by atoms with Crippen LogP contribution >= 0.6 is 23.2 Å². The fraction of sp³-hybridized carbons (Fsp3) is 0.533. The van der Waals surface area contributed by atoms with Crippen molar-refractivity contribution in [3.63, 3.8) is 0 Å². The van der Waals surface area contributed by atoms with Gasteiger partial charge in [-0.15, -0.1) is 0 Å². The zero-order valence-electron chi connectivity index (χ0n) is 11.5. The van der Waals surface area contributed by atoms with Gasteiger partial charge in [0.05, 0.1) is 12.5 Å². The van der Waals surface area contributed by atoms with E-state index in [1.165, 1.54) is 0 Å². The van der Waals surface area contributed by atoms with Gasteiger partial charge in [0.15, 0.2) is 0 Å². The zero-order chi connectivity index (χ0) is 14.7. The highest BCUT2D eigenvalue weighted by Crippen LogP contribution is 2.25. The third-order valence-electron chi connectivity index (χ3n) is 3.66. The number of likely N-dealkylation sites (tertiary alicyclic amines) is 1. The topological polar surface area (TPSA) is 40.5 Å². The van der Waals surface area contributed by atoms with Crippen molar-refractivity contribution in [3.05, 3.63) is 33.8 Å². The second-order valence-electron chi connectivity index (χ2n) is 5.38. The van der Waals surface area contributed by atoms with E-state index in [-0.39, 0.29) is 24.5 Å². The highest BCUT2D eigenvalue weighted by atomic mass is 35.5. The van der Waals surface area contributed by atoms with Gasteiger partial charge in [0, 0.05) is 22.6 Å². The largest absolute Gasteiger partial charge is 0.393 e. The van der Waals surface area contributed by atoms with Crippen molar-refractivity contribution in [2.75, 3.05) is 6.54 Å². The lowest BCUT2D eigenvalue weighted by Gasteiger charge is -2.26. The SMILES string of the molecule is CC(O)CC1CCCN1C(=O)Cc1cc(Cl)ccc1Cl. The average Bonchev–Trinajstić information content (AvgIpc) is 2.81. The molecule has 1 amide bonds. The van der Waals surface area contributed by atoms with E-state index in [4.69, 9.17) is 23.2 Å². The Hall–Kier alpha value is -0.770. The molecule has 1 aliphatic heterocycles. The van der Waals surface area contributed by atoms with Crippen LogP contribution in [0.25, 0.3) is 0 Å². The van der Waals surface area contributed by atoms with Crippen LogP contribution in [0.3, 0.4) is 0 Å². The van der Waals surface area contributed by atoms with Gasteiger partial charge in [-0.05, 0) is 49.9 Å². The number of aliphatic hydroxyl groups is 1. The van der Waals surface area contributed by atoms with Crippen molar-refractivity contribution in [1.29, 1.82) is 0 Å². The van der Waals surface area contributed by atoms with E-state index in [1.807, 2.05) is 4.90 Å². The van der Waals surface area contributed by atoms with Crippen LogP contribution in [-0.2, 0) is 11.2 Å². The van der Waals surface area contributed by atoms with Crippen LogP contribution in [0, 0.1) is 0 Å². The smallest absolute Gasteiger partial charge is 0.227 e. The Morgan fingerprint density at radius 2 is 2.25 bits per heavy atom. The molecule has 1 N–H and O–H groups in total. The Bertz CT molecular complexity index is 491. The Balaban J connectivity index is 2.05. The van der Waals surface area contributed by atoms with Crippen LogP contribution < -0.4 is 0 Å². The molecule has 0 spiro atoms. The number of rotatable bonds is 4. The molecule has 0 aromatic heterocycles. The van der Waals surface area contributed by atoms with Gasteiger partial charge in [-0.25, -0.2) is 0 Å². The molecule has 1 aliphatic rings. The third kappa shape index (κ3) is 3.87. The first-order chi connectivity index (χ1) is 9.47. The van der Waals surface area contributed by atoms with Gasteiger partial charge in [-0.3, -0.25) is 4.79 Å². The minimum atomic E-state index is -0.386. The van der Waals surface area contributed by atoms with Crippen LogP contribution in [0.5, 0.6) is 0 Å². The van der Waals surface area contributed by atoms with Crippen LogP contribution in [0.15, 0.2) is 18.2 Å². The maximum absolute atomic E-state index is 12.4. The molecule has 2 unspecified atom stereocenters. The Morgan fingerprint density at radius 3 is 2.95 bits per heavy atom. The molecule has 1 aromatic carbocycles. The molecular weight excluding hydrogens is 297 g/mol. The van der Waals surface area contributed by atoms with E-state index in [1.54, 1.807) is 25.1 Å². The monoisotopic (exact) mass is 315 g/mol. The Labute approximate surface area is 129 Å². The molecule has 2 atom stereocenters. The van der Waals surface area contributed by atoms with E-state index >= 15 is 0 Å². The highest BCUT2D eigenvalue weighted by Gasteiger charge is 2.29. The Kier molecular flexibility index (Phi) is 5.30. The number of carbonyl (C=O) groups excluding carboxylic acids is 1. The summed E-state index contributed by atoms with van der Waals surface area (Å²) < 4.78 is 0. The van der Waals surface area contributed by atoms with Crippen LogP contribution in [0.4, 0.5) is 0 Å². The first-order valence-corrected chi connectivity index (χ1v) is 7.64. The average molecular weight is 316 g/mol. The van der Waals surface area contributed by atoms with Crippen molar-refractivity contribution >= 4 is 29.1 Å². The maximum atomic E-state index is 12.4. The second kappa shape index (κ2) is 6.79. The normalized spacial score (nSPS) is 20.2. The van der Waals surface area contributed by atoms with Gasteiger partial charge >= 0.3 is 0 Å². The summed E-state index contributed by atoms with van der Waals surface area (Å²) in [5.41, 5.74) is 0.756. The summed E-state index contributed by atoms with van der Waals surface area (Å²) in [6, 6.07) is 5.30. The molecule has 1 heterocycles. The molecule has 0 bridgehead atoms. The van der Waals surface area contributed by atoms with Gasteiger partial charge in [-0.2, -0.15) is 0 Å². The summed E-state index contributed by atoms with van der Waals surface area (Å²) in [5.74, 6) is 0.0531. The van der Waals surface area contributed by atoms with Crippen LogP contribution in [0.1, 0.15) is 31.7 Å². The number of hydrogen-bond acceptors (Lipinski definition) is 2. The first kappa shape index (κ1) is 15.6. The lowest BCUT2D eigenvalue weighted by Crippen LogP contribution is -2.38. The quantitative estimate of drug-likeness (QED) is 0.926. The molecule has 110 valence electrons. The number of carbonyl (C=O) groups is 1. The summed E-state index contributed by atoms with van der Waals surface area (Å²) in [7, 11) is 0. The predicted molar refractivity (Wildman–Crippen MR) is 81.2 cm³/mol. The highest BCUT2D eigenvalue weighted by molar-refractivity contribution is 6.33. The minimum absolute atomic E-state index is 0.0531. The van der Waals surface area contributed by atoms with E-state index in [0.29, 0.717) is 16.5 Å². The first-order valence-electron chi connectivity index (χ1n) is 6.89. The zero-order valence-corrected chi connectivity index (χ0v) is 13.0. The van der Waals surface area contributed by atoms with Crippen molar-refractivity contribution in [1.82, 2.24) is 4.90 Å². The summed E-state index contributed by atoms with van der Waals surface area (Å²) >= 11 is 12.0.